The number of aryl methyl sites for hydroxylation is 1. The third kappa shape index (κ3) is 3.20. The van der Waals surface area contributed by atoms with Gasteiger partial charge >= 0.3 is 0 Å². The van der Waals surface area contributed by atoms with Gasteiger partial charge in [-0.3, -0.25) is 4.90 Å². The molecule has 0 aromatic heterocycles. The SMILES string of the molecule is Cc1ccc(O)c(CN2C[C@@H](C)O[C@@H](C)C2)c1. The zero-order valence-electron chi connectivity index (χ0n) is 10.8. The second kappa shape index (κ2) is 5.07. The van der Waals surface area contributed by atoms with Crippen LogP contribution in [0.1, 0.15) is 25.0 Å². The van der Waals surface area contributed by atoms with Crippen molar-refractivity contribution in [2.24, 2.45) is 0 Å². The van der Waals surface area contributed by atoms with Gasteiger partial charge in [-0.2, -0.15) is 0 Å². The van der Waals surface area contributed by atoms with Crippen LogP contribution in [-0.4, -0.2) is 35.3 Å². The molecule has 3 nitrogen and oxygen atoms in total. The van der Waals surface area contributed by atoms with Crippen LogP contribution in [0.5, 0.6) is 5.75 Å². The lowest BCUT2D eigenvalue weighted by Crippen LogP contribution is -2.44. The van der Waals surface area contributed by atoms with Crippen molar-refractivity contribution in [1.29, 1.82) is 0 Å². The Bertz CT molecular complexity index is 382. The number of hydrogen-bond donors (Lipinski definition) is 1. The molecule has 1 heterocycles. The summed E-state index contributed by atoms with van der Waals surface area (Å²) in [6, 6.07) is 5.77. The van der Waals surface area contributed by atoms with Crippen LogP contribution in [0, 0.1) is 6.92 Å². The zero-order valence-corrected chi connectivity index (χ0v) is 10.8. The van der Waals surface area contributed by atoms with Gasteiger partial charge in [0.05, 0.1) is 12.2 Å². The quantitative estimate of drug-likeness (QED) is 0.854. The first kappa shape index (κ1) is 12.4. The summed E-state index contributed by atoms with van der Waals surface area (Å²) >= 11 is 0. The number of benzene rings is 1. The van der Waals surface area contributed by atoms with Gasteiger partial charge in [0.15, 0.2) is 0 Å². The molecule has 0 bridgehead atoms. The van der Waals surface area contributed by atoms with Crippen molar-refractivity contribution in [3.63, 3.8) is 0 Å². The van der Waals surface area contributed by atoms with E-state index in [0.717, 1.165) is 25.2 Å². The van der Waals surface area contributed by atoms with Crippen LogP contribution in [0.25, 0.3) is 0 Å². The topological polar surface area (TPSA) is 32.7 Å². The summed E-state index contributed by atoms with van der Waals surface area (Å²) in [6.07, 6.45) is 0.538. The molecule has 3 heteroatoms. The third-order valence-electron chi connectivity index (χ3n) is 3.12. The van der Waals surface area contributed by atoms with Gasteiger partial charge < -0.3 is 9.84 Å². The van der Waals surface area contributed by atoms with E-state index in [1.165, 1.54) is 5.56 Å². The third-order valence-corrected chi connectivity index (χ3v) is 3.12. The number of morpholine rings is 1. The van der Waals surface area contributed by atoms with E-state index >= 15 is 0 Å². The zero-order chi connectivity index (χ0) is 12.4. The average molecular weight is 235 g/mol. The van der Waals surface area contributed by atoms with Crippen molar-refractivity contribution in [3.05, 3.63) is 29.3 Å². The highest BCUT2D eigenvalue weighted by molar-refractivity contribution is 5.35. The first-order valence-corrected chi connectivity index (χ1v) is 6.21. The van der Waals surface area contributed by atoms with E-state index < -0.39 is 0 Å². The lowest BCUT2D eigenvalue weighted by atomic mass is 10.1. The number of phenols is 1. The molecule has 2 atom stereocenters. The Kier molecular flexibility index (Phi) is 3.69. The summed E-state index contributed by atoms with van der Waals surface area (Å²) in [5, 5.41) is 9.84. The van der Waals surface area contributed by atoms with Gasteiger partial charge in [0.2, 0.25) is 0 Å². The Morgan fingerprint density at radius 3 is 2.59 bits per heavy atom. The fourth-order valence-corrected chi connectivity index (χ4v) is 2.50. The second-order valence-electron chi connectivity index (χ2n) is 5.08. The summed E-state index contributed by atoms with van der Waals surface area (Å²) in [6.45, 7) is 8.89. The first-order chi connectivity index (χ1) is 8.04. The molecule has 94 valence electrons. The van der Waals surface area contributed by atoms with E-state index in [-0.39, 0.29) is 12.2 Å². The van der Waals surface area contributed by atoms with E-state index in [0.29, 0.717) is 5.75 Å². The molecule has 0 radical (unpaired) electrons. The second-order valence-corrected chi connectivity index (χ2v) is 5.08. The van der Waals surface area contributed by atoms with Crippen molar-refractivity contribution in [3.8, 4) is 5.75 Å². The van der Waals surface area contributed by atoms with Gasteiger partial charge in [0.25, 0.3) is 0 Å². The van der Waals surface area contributed by atoms with Crippen LogP contribution in [0.4, 0.5) is 0 Å². The highest BCUT2D eigenvalue weighted by atomic mass is 16.5. The van der Waals surface area contributed by atoms with Crippen molar-refractivity contribution >= 4 is 0 Å². The summed E-state index contributed by atoms with van der Waals surface area (Å²) in [5.41, 5.74) is 2.19. The van der Waals surface area contributed by atoms with Gasteiger partial charge in [-0.05, 0) is 26.8 Å². The standard InChI is InChI=1S/C14H21NO2/c1-10-4-5-14(16)13(6-10)9-15-7-11(2)17-12(3)8-15/h4-6,11-12,16H,7-9H2,1-3H3/t11-,12+. The average Bonchev–Trinajstić information content (AvgIpc) is 2.22. The maximum Gasteiger partial charge on any atom is 0.120 e. The van der Waals surface area contributed by atoms with Crippen LogP contribution in [0.3, 0.4) is 0 Å². The Labute approximate surface area is 103 Å². The molecule has 1 aliphatic heterocycles. The normalized spacial score (nSPS) is 26.1. The number of aromatic hydroxyl groups is 1. The predicted octanol–water partition coefficient (Wildman–Crippen LogP) is 2.31. The molecule has 1 aromatic rings. The van der Waals surface area contributed by atoms with Gasteiger partial charge in [-0.25, -0.2) is 0 Å². The molecule has 1 aromatic carbocycles. The lowest BCUT2D eigenvalue weighted by molar-refractivity contribution is -0.0706. The summed E-state index contributed by atoms with van der Waals surface area (Å²) in [5.74, 6) is 0.391. The molecule has 0 aliphatic carbocycles. The maximum atomic E-state index is 9.84. The summed E-state index contributed by atoms with van der Waals surface area (Å²) in [7, 11) is 0. The van der Waals surface area contributed by atoms with Crippen LogP contribution in [-0.2, 0) is 11.3 Å². The van der Waals surface area contributed by atoms with E-state index in [1.807, 2.05) is 13.0 Å². The number of phenolic OH excluding ortho intramolecular Hbond substituents is 1. The van der Waals surface area contributed by atoms with Crippen molar-refractivity contribution in [2.75, 3.05) is 13.1 Å². The lowest BCUT2D eigenvalue weighted by Gasteiger charge is -2.35. The molecule has 1 N–H and O–H groups in total. The van der Waals surface area contributed by atoms with Gasteiger partial charge in [-0.1, -0.05) is 17.7 Å². The fourth-order valence-electron chi connectivity index (χ4n) is 2.50. The largest absolute Gasteiger partial charge is 0.508 e. The Morgan fingerprint density at radius 2 is 1.94 bits per heavy atom. The Balaban J connectivity index is 2.07. The number of nitrogens with zero attached hydrogens (tertiary/aromatic N) is 1. The molecule has 0 saturated carbocycles. The minimum absolute atomic E-state index is 0.269. The minimum atomic E-state index is 0.269. The van der Waals surface area contributed by atoms with Crippen LogP contribution in [0.15, 0.2) is 18.2 Å². The molecule has 17 heavy (non-hydrogen) atoms. The van der Waals surface area contributed by atoms with Gasteiger partial charge in [-0.15, -0.1) is 0 Å². The molecule has 0 unspecified atom stereocenters. The molecule has 1 saturated heterocycles. The number of rotatable bonds is 2. The highest BCUT2D eigenvalue weighted by Gasteiger charge is 2.22. The minimum Gasteiger partial charge on any atom is -0.508 e. The summed E-state index contributed by atoms with van der Waals surface area (Å²) < 4.78 is 5.70. The molecule has 0 spiro atoms. The van der Waals surface area contributed by atoms with Crippen molar-refractivity contribution in [1.82, 2.24) is 4.90 Å². The molecule has 0 amide bonds. The molecule has 1 fully saturated rings. The van der Waals surface area contributed by atoms with E-state index in [4.69, 9.17) is 4.74 Å². The van der Waals surface area contributed by atoms with Crippen LogP contribution in [0.2, 0.25) is 0 Å². The van der Waals surface area contributed by atoms with E-state index in [1.54, 1.807) is 6.07 Å². The number of hydrogen-bond acceptors (Lipinski definition) is 3. The van der Waals surface area contributed by atoms with Crippen LogP contribution < -0.4 is 0 Å². The molecular formula is C14H21NO2. The highest BCUT2D eigenvalue weighted by Crippen LogP contribution is 2.22. The number of ether oxygens (including phenoxy) is 1. The maximum absolute atomic E-state index is 9.84. The van der Waals surface area contributed by atoms with Gasteiger partial charge in [0.1, 0.15) is 5.75 Å². The monoisotopic (exact) mass is 235 g/mol. The molecule has 2 rings (SSSR count). The van der Waals surface area contributed by atoms with Crippen molar-refractivity contribution in [2.45, 2.75) is 39.5 Å². The fraction of sp³-hybridized carbons (Fsp3) is 0.571. The van der Waals surface area contributed by atoms with Crippen LogP contribution >= 0.6 is 0 Å². The summed E-state index contributed by atoms with van der Waals surface area (Å²) in [4.78, 5) is 2.34. The first-order valence-electron chi connectivity index (χ1n) is 6.21. The Morgan fingerprint density at radius 1 is 1.29 bits per heavy atom. The van der Waals surface area contributed by atoms with Crippen molar-refractivity contribution < 1.29 is 9.84 Å². The predicted molar refractivity (Wildman–Crippen MR) is 68.1 cm³/mol. The molecule has 1 aliphatic rings. The smallest absolute Gasteiger partial charge is 0.120 e. The Hall–Kier alpha value is -1.06. The van der Waals surface area contributed by atoms with E-state index in [2.05, 4.69) is 24.8 Å². The van der Waals surface area contributed by atoms with E-state index in [9.17, 15) is 5.11 Å². The molecular weight excluding hydrogens is 214 g/mol. The van der Waals surface area contributed by atoms with Gasteiger partial charge in [0, 0.05) is 25.2 Å².